The number of likely N-dealkylation sites (tertiary alicyclic amines) is 1. The maximum Gasteiger partial charge on any atom is 0.255 e. The third-order valence-electron chi connectivity index (χ3n) is 4.06. The van der Waals surface area contributed by atoms with Crippen molar-refractivity contribution >= 4 is 11.7 Å². The summed E-state index contributed by atoms with van der Waals surface area (Å²) in [6.07, 6.45) is 6.13. The van der Waals surface area contributed by atoms with Gasteiger partial charge in [-0.2, -0.15) is 0 Å². The van der Waals surface area contributed by atoms with Crippen LogP contribution < -0.4 is 5.32 Å². The molecule has 1 aliphatic rings. The summed E-state index contributed by atoms with van der Waals surface area (Å²) < 4.78 is 5.22. The van der Waals surface area contributed by atoms with E-state index < -0.39 is 0 Å². The molecule has 0 aliphatic carbocycles. The number of piperidine rings is 1. The Morgan fingerprint density at radius 1 is 1.50 bits per heavy atom. The number of methoxy groups -OCH3 is 1. The standard InChI is InChI=1S/C17H27N3O2/c1-3-4-9-18-16-8-7-15(11-19-16)17(21)20-10-5-6-14(12-20)13-22-2/h7-8,11,14H,3-6,9-10,12-13H2,1-2H3,(H,18,19). The van der Waals surface area contributed by atoms with Gasteiger partial charge in [-0.1, -0.05) is 13.3 Å². The summed E-state index contributed by atoms with van der Waals surface area (Å²) in [7, 11) is 1.72. The quantitative estimate of drug-likeness (QED) is 0.787. The van der Waals surface area contributed by atoms with Crippen LogP contribution in [0.5, 0.6) is 0 Å². The number of anilines is 1. The predicted octanol–water partition coefficient (Wildman–Crippen LogP) is 2.79. The zero-order valence-electron chi connectivity index (χ0n) is 13.7. The average Bonchev–Trinajstić information content (AvgIpc) is 2.56. The van der Waals surface area contributed by atoms with Crippen molar-refractivity contribution < 1.29 is 9.53 Å². The zero-order valence-corrected chi connectivity index (χ0v) is 13.7. The Bertz CT molecular complexity index is 459. The van der Waals surface area contributed by atoms with Crippen LogP contribution in [-0.4, -0.2) is 49.1 Å². The molecule has 5 nitrogen and oxygen atoms in total. The molecule has 1 saturated heterocycles. The number of pyridine rings is 1. The second-order valence-corrected chi connectivity index (χ2v) is 5.93. The number of carbonyl (C=O) groups excluding carboxylic acids is 1. The number of nitrogens with zero attached hydrogens (tertiary/aromatic N) is 2. The van der Waals surface area contributed by atoms with E-state index in [4.69, 9.17) is 4.74 Å². The molecule has 1 aliphatic heterocycles. The minimum absolute atomic E-state index is 0.0772. The van der Waals surface area contributed by atoms with Crippen molar-refractivity contribution in [1.29, 1.82) is 0 Å². The van der Waals surface area contributed by atoms with E-state index >= 15 is 0 Å². The Morgan fingerprint density at radius 3 is 3.05 bits per heavy atom. The minimum atomic E-state index is 0.0772. The van der Waals surface area contributed by atoms with E-state index in [2.05, 4.69) is 17.2 Å². The van der Waals surface area contributed by atoms with Crippen molar-refractivity contribution in [3.8, 4) is 0 Å². The Hall–Kier alpha value is -1.62. The number of nitrogens with one attached hydrogen (secondary N) is 1. The van der Waals surface area contributed by atoms with E-state index in [1.54, 1.807) is 13.3 Å². The van der Waals surface area contributed by atoms with Crippen LogP contribution in [0.15, 0.2) is 18.3 Å². The van der Waals surface area contributed by atoms with Gasteiger partial charge in [-0.05, 0) is 37.3 Å². The Morgan fingerprint density at radius 2 is 2.36 bits per heavy atom. The molecular weight excluding hydrogens is 278 g/mol. The second kappa shape index (κ2) is 8.73. The van der Waals surface area contributed by atoms with Crippen LogP contribution in [0.3, 0.4) is 0 Å². The highest BCUT2D eigenvalue weighted by Crippen LogP contribution is 2.19. The maximum absolute atomic E-state index is 12.5. The van der Waals surface area contributed by atoms with E-state index in [0.29, 0.717) is 11.5 Å². The minimum Gasteiger partial charge on any atom is -0.384 e. The Kier molecular flexibility index (Phi) is 6.65. The summed E-state index contributed by atoms with van der Waals surface area (Å²) in [4.78, 5) is 18.8. The monoisotopic (exact) mass is 305 g/mol. The summed E-state index contributed by atoms with van der Waals surface area (Å²) in [6, 6.07) is 3.75. The van der Waals surface area contributed by atoms with Gasteiger partial charge in [0.1, 0.15) is 5.82 Å². The largest absolute Gasteiger partial charge is 0.384 e. The Balaban J connectivity index is 1.91. The second-order valence-electron chi connectivity index (χ2n) is 5.93. The number of hydrogen-bond acceptors (Lipinski definition) is 4. The molecule has 1 atom stereocenters. The van der Waals surface area contributed by atoms with Crippen molar-refractivity contribution in [3.63, 3.8) is 0 Å². The number of amides is 1. The van der Waals surface area contributed by atoms with Crippen LogP contribution in [-0.2, 0) is 4.74 Å². The molecule has 1 aromatic rings. The number of unbranched alkanes of at least 4 members (excludes halogenated alkanes) is 1. The van der Waals surface area contributed by atoms with Gasteiger partial charge in [0.25, 0.3) is 5.91 Å². The summed E-state index contributed by atoms with van der Waals surface area (Å²) in [6.45, 7) is 5.41. The number of rotatable bonds is 7. The molecule has 122 valence electrons. The first kappa shape index (κ1) is 16.7. The fraction of sp³-hybridized carbons (Fsp3) is 0.647. The van der Waals surface area contributed by atoms with E-state index in [9.17, 15) is 4.79 Å². The van der Waals surface area contributed by atoms with Crippen molar-refractivity contribution in [2.24, 2.45) is 5.92 Å². The lowest BCUT2D eigenvalue weighted by Crippen LogP contribution is -2.41. The highest BCUT2D eigenvalue weighted by molar-refractivity contribution is 5.94. The van der Waals surface area contributed by atoms with Gasteiger partial charge in [-0.3, -0.25) is 4.79 Å². The molecule has 0 radical (unpaired) electrons. The fourth-order valence-electron chi connectivity index (χ4n) is 2.82. The van der Waals surface area contributed by atoms with Crippen LogP contribution in [0.1, 0.15) is 43.0 Å². The third kappa shape index (κ3) is 4.70. The van der Waals surface area contributed by atoms with Crippen LogP contribution in [0.2, 0.25) is 0 Å². The van der Waals surface area contributed by atoms with Gasteiger partial charge in [-0.25, -0.2) is 4.98 Å². The summed E-state index contributed by atoms with van der Waals surface area (Å²) in [5.74, 6) is 1.36. The molecule has 5 heteroatoms. The highest BCUT2D eigenvalue weighted by atomic mass is 16.5. The summed E-state index contributed by atoms with van der Waals surface area (Å²) >= 11 is 0. The molecule has 1 amide bonds. The van der Waals surface area contributed by atoms with Gasteiger partial charge < -0.3 is 15.0 Å². The molecule has 22 heavy (non-hydrogen) atoms. The van der Waals surface area contributed by atoms with Gasteiger partial charge >= 0.3 is 0 Å². The molecule has 1 N–H and O–H groups in total. The van der Waals surface area contributed by atoms with Gasteiger partial charge in [0, 0.05) is 32.9 Å². The molecule has 1 unspecified atom stereocenters. The average molecular weight is 305 g/mol. The number of hydrogen-bond donors (Lipinski definition) is 1. The lowest BCUT2D eigenvalue weighted by Gasteiger charge is -2.32. The van der Waals surface area contributed by atoms with Crippen molar-refractivity contribution in [2.45, 2.75) is 32.6 Å². The van der Waals surface area contributed by atoms with E-state index in [1.165, 1.54) is 0 Å². The zero-order chi connectivity index (χ0) is 15.8. The van der Waals surface area contributed by atoms with Crippen LogP contribution >= 0.6 is 0 Å². The van der Waals surface area contributed by atoms with Gasteiger partial charge in [-0.15, -0.1) is 0 Å². The maximum atomic E-state index is 12.5. The number of carbonyl (C=O) groups is 1. The topological polar surface area (TPSA) is 54.5 Å². The third-order valence-corrected chi connectivity index (χ3v) is 4.06. The Labute approximate surface area is 133 Å². The van der Waals surface area contributed by atoms with Crippen LogP contribution in [0.25, 0.3) is 0 Å². The molecule has 2 heterocycles. The molecule has 1 aromatic heterocycles. The van der Waals surface area contributed by atoms with E-state index in [0.717, 1.165) is 57.7 Å². The first-order chi connectivity index (χ1) is 10.7. The number of aromatic nitrogens is 1. The SMILES string of the molecule is CCCCNc1ccc(C(=O)N2CCCC(COC)C2)cn1. The molecule has 0 saturated carbocycles. The normalized spacial score (nSPS) is 18.3. The van der Waals surface area contributed by atoms with Crippen molar-refractivity contribution in [1.82, 2.24) is 9.88 Å². The first-order valence-corrected chi connectivity index (χ1v) is 8.22. The highest BCUT2D eigenvalue weighted by Gasteiger charge is 2.24. The van der Waals surface area contributed by atoms with Gasteiger partial charge in [0.15, 0.2) is 0 Å². The van der Waals surface area contributed by atoms with Crippen molar-refractivity contribution in [3.05, 3.63) is 23.9 Å². The van der Waals surface area contributed by atoms with E-state index in [1.807, 2.05) is 17.0 Å². The lowest BCUT2D eigenvalue weighted by molar-refractivity contribution is 0.0570. The number of ether oxygens (including phenoxy) is 1. The summed E-state index contributed by atoms with van der Waals surface area (Å²) in [5, 5.41) is 3.26. The van der Waals surface area contributed by atoms with Crippen molar-refractivity contribution in [2.75, 3.05) is 38.7 Å². The molecule has 0 spiro atoms. The van der Waals surface area contributed by atoms with Crippen LogP contribution in [0.4, 0.5) is 5.82 Å². The van der Waals surface area contributed by atoms with Gasteiger partial charge in [0.2, 0.25) is 0 Å². The van der Waals surface area contributed by atoms with E-state index in [-0.39, 0.29) is 5.91 Å². The predicted molar refractivity (Wildman–Crippen MR) is 88.1 cm³/mol. The van der Waals surface area contributed by atoms with Gasteiger partial charge in [0.05, 0.1) is 12.2 Å². The first-order valence-electron chi connectivity index (χ1n) is 8.22. The molecule has 0 bridgehead atoms. The molecule has 0 aromatic carbocycles. The molecule has 1 fully saturated rings. The molecular formula is C17H27N3O2. The smallest absolute Gasteiger partial charge is 0.255 e. The summed E-state index contributed by atoms with van der Waals surface area (Å²) in [5.41, 5.74) is 0.666. The molecule has 2 rings (SSSR count). The fourth-order valence-corrected chi connectivity index (χ4v) is 2.82. The van der Waals surface area contributed by atoms with Crippen LogP contribution in [0, 0.1) is 5.92 Å². The lowest BCUT2D eigenvalue weighted by atomic mass is 9.98.